The molecule has 2 heterocycles. The SMILES string of the molecule is CC1OCCC1(C)NS(=O)(=O)c1c(N)ncn1C. The lowest BCUT2D eigenvalue weighted by Gasteiger charge is -2.28. The smallest absolute Gasteiger partial charge is 0.260 e. The van der Waals surface area contributed by atoms with Crippen LogP contribution in [0.2, 0.25) is 0 Å². The molecule has 0 radical (unpaired) electrons. The van der Waals surface area contributed by atoms with Crippen molar-refractivity contribution < 1.29 is 13.2 Å². The van der Waals surface area contributed by atoms with Crippen LogP contribution in [0.25, 0.3) is 0 Å². The molecule has 7 nitrogen and oxygen atoms in total. The number of hydrogen-bond acceptors (Lipinski definition) is 5. The largest absolute Gasteiger partial charge is 0.381 e. The zero-order valence-electron chi connectivity index (χ0n) is 10.7. The number of nitrogens with one attached hydrogen (secondary N) is 1. The summed E-state index contributed by atoms with van der Waals surface area (Å²) >= 11 is 0. The Hall–Kier alpha value is -1.12. The molecule has 1 saturated heterocycles. The topological polar surface area (TPSA) is 99.2 Å². The highest BCUT2D eigenvalue weighted by atomic mass is 32.2. The van der Waals surface area contributed by atoms with Crippen LogP contribution in [-0.2, 0) is 21.8 Å². The van der Waals surface area contributed by atoms with Crippen molar-refractivity contribution in [2.45, 2.75) is 36.9 Å². The number of nitrogens with zero attached hydrogens (tertiary/aromatic N) is 2. The first-order valence-corrected chi connectivity index (χ1v) is 7.17. The third-order valence-electron chi connectivity index (χ3n) is 3.42. The van der Waals surface area contributed by atoms with E-state index in [2.05, 4.69) is 9.71 Å². The lowest BCUT2D eigenvalue weighted by molar-refractivity contribution is 0.0957. The standard InChI is InChI=1S/C10H18N4O3S/c1-7-10(2,4-5-17-7)13-18(15,16)9-8(11)12-6-14(9)3/h6-7,13H,4-5,11H2,1-3H3. The summed E-state index contributed by atoms with van der Waals surface area (Å²) in [7, 11) is -2.12. The molecule has 1 aliphatic heterocycles. The lowest BCUT2D eigenvalue weighted by Crippen LogP contribution is -2.50. The van der Waals surface area contributed by atoms with Gasteiger partial charge in [-0.2, -0.15) is 0 Å². The first-order chi connectivity index (χ1) is 8.26. The molecule has 2 atom stereocenters. The van der Waals surface area contributed by atoms with Gasteiger partial charge in [-0.3, -0.25) is 0 Å². The van der Waals surface area contributed by atoms with Crippen LogP contribution >= 0.6 is 0 Å². The van der Waals surface area contributed by atoms with E-state index in [4.69, 9.17) is 10.5 Å². The minimum atomic E-state index is -3.71. The summed E-state index contributed by atoms with van der Waals surface area (Å²) in [4.78, 5) is 3.79. The highest BCUT2D eigenvalue weighted by Crippen LogP contribution is 2.28. The number of hydrogen-bond donors (Lipinski definition) is 2. The number of aromatic nitrogens is 2. The van der Waals surface area contributed by atoms with Crippen LogP contribution < -0.4 is 10.5 Å². The van der Waals surface area contributed by atoms with Gasteiger partial charge in [0.05, 0.1) is 18.0 Å². The van der Waals surface area contributed by atoms with Crippen molar-refractivity contribution in [1.82, 2.24) is 14.3 Å². The summed E-state index contributed by atoms with van der Waals surface area (Å²) in [5.41, 5.74) is 4.98. The van der Waals surface area contributed by atoms with Gasteiger partial charge in [0.1, 0.15) is 0 Å². The number of imidazole rings is 1. The average molecular weight is 274 g/mol. The molecule has 0 aliphatic carbocycles. The molecule has 0 aromatic carbocycles. The van der Waals surface area contributed by atoms with Gasteiger partial charge < -0.3 is 15.0 Å². The number of nitrogens with two attached hydrogens (primary N) is 1. The van der Waals surface area contributed by atoms with E-state index in [1.54, 1.807) is 7.05 Å². The number of nitrogen functional groups attached to an aromatic ring is 1. The van der Waals surface area contributed by atoms with E-state index in [0.717, 1.165) is 0 Å². The molecule has 0 amide bonds. The van der Waals surface area contributed by atoms with Crippen LogP contribution in [0.3, 0.4) is 0 Å². The fourth-order valence-corrected chi connectivity index (χ4v) is 3.82. The van der Waals surface area contributed by atoms with E-state index in [1.165, 1.54) is 10.9 Å². The molecular weight excluding hydrogens is 256 g/mol. The Morgan fingerprint density at radius 3 is 2.78 bits per heavy atom. The Kier molecular flexibility index (Phi) is 3.12. The molecule has 0 spiro atoms. The Morgan fingerprint density at radius 2 is 2.33 bits per heavy atom. The molecule has 1 aliphatic rings. The molecule has 0 saturated carbocycles. The van der Waals surface area contributed by atoms with E-state index in [0.29, 0.717) is 13.0 Å². The van der Waals surface area contributed by atoms with E-state index < -0.39 is 15.6 Å². The predicted octanol–water partition coefficient (Wildman–Crippen LogP) is -0.152. The van der Waals surface area contributed by atoms with Crippen molar-refractivity contribution in [3.05, 3.63) is 6.33 Å². The van der Waals surface area contributed by atoms with Crippen molar-refractivity contribution >= 4 is 15.8 Å². The Balaban J connectivity index is 2.34. The zero-order valence-corrected chi connectivity index (χ0v) is 11.5. The fraction of sp³-hybridized carbons (Fsp3) is 0.700. The van der Waals surface area contributed by atoms with Crippen molar-refractivity contribution in [2.24, 2.45) is 7.05 Å². The number of sulfonamides is 1. The van der Waals surface area contributed by atoms with Crippen LogP contribution in [0, 0.1) is 0 Å². The first-order valence-electron chi connectivity index (χ1n) is 5.69. The molecule has 0 bridgehead atoms. The summed E-state index contributed by atoms with van der Waals surface area (Å²) in [5, 5.41) is -0.0113. The molecule has 8 heteroatoms. The second-order valence-corrected chi connectivity index (χ2v) is 6.43. The third-order valence-corrected chi connectivity index (χ3v) is 5.16. The molecular formula is C10H18N4O3S. The maximum Gasteiger partial charge on any atom is 0.260 e. The van der Waals surface area contributed by atoms with Crippen LogP contribution in [0.4, 0.5) is 5.82 Å². The third kappa shape index (κ3) is 2.11. The summed E-state index contributed by atoms with van der Waals surface area (Å²) in [6, 6.07) is 0. The summed E-state index contributed by atoms with van der Waals surface area (Å²) < 4.78 is 34.1. The molecule has 102 valence electrons. The van der Waals surface area contributed by atoms with Gasteiger partial charge in [-0.15, -0.1) is 0 Å². The molecule has 2 rings (SSSR count). The van der Waals surface area contributed by atoms with Crippen LogP contribution in [0.5, 0.6) is 0 Å². The molecule has 1 aromatic heterocycles. The molecule has 3 N–H and O–H groups in total. The second-order valence-electron chi connectivity index (χ2n) is 4.83. The minimum Gasteiger partial charge on any atom is -0.381 e. The second kappa shape index (κ2) is 4.22. The van der Waals surface area contributed by atoms with Gasteiger partial charge in [-0.25, -0.2) is 18.1 Å². The number of anilines is 1. The van der Waals surface area contributed by atoms with Crippen LogP contribution in [-0.4, -0.2) is 36.2 Å². The summed E-state index contributed by atoms with van der Waals surface area (Å²) in [5.74, 6) is 0.000156. The maximum atomic E-state index is 12.3. The lowest BCUT2D eigenvalue weighted by atomic mass is 9.97. The average Bonchev–Trinajstić information content (AvgIpc) is 2.71. The molecule has 2 unspecified atom stereocenters. The van der Waals surface area contributed by atoms with Crippen molar-refractivity contribution in [3.63, 3.8) is 0 Å². The molecule has 1 fully saturated rings. The molecule has 1 aromatic rings. The van der Waals surface area contributed by atoms with Gasteiger partial charge in [0.25, 0.3) is 10.0 Å². The monoisotopic (exact) mass is 274 g/mol. The maximum absolute atomic E-state index is 12.3. The highest BCUT2D eigenvalue weighted by Gasteiger charge is 2.41. The van der Waals surface area contributed by atoms with Crippen LogP contribution in [0.15, 0.2) is 11.4 Å². The van der Waals surface area contributed by atoms with Crippen molar-refractivity contribution in [1.29, 1.82) is 0 Å². The normalized spacial score (nSPS) is 28.7. The molecule has 18 heavy (non-hydrogen) atoms. The van der Waals surface area contributed by atoms with Gasteiger partial charge in [-0.1, -0.05) is 0 Å². The predicted molar refractivity (Wildman–Crippen MR) is 66.4 cm³/mol. The quantitative estimate of drug-likeness (QED) is 0.798. The van der Waals surface area contributed by atoms with Gasteiger partial charge in [-0.05, 0) is 20.3 Å². The van der Waals surface area contributed by atoms with Gasteiger partial charge in [0, 0.05) is 13.7 Å². The number of ether oxygens (including phenoxy) is 1. The van der Waals surface area contributed by atoms with E-state index in [-0.39, 0.29) is 16.9 Å². The van der Waals surface area contributed by atoms with Gasteiger partial charge in [0.15, 0.2) is 10.8 Å². The summed E-state index contributed by atoms with van der Waals surface area (Å²) in [6.45, 7) is 4.22. The van der Waals surface area contributed by atoms with E-state index in [9.17, 15) is 8.42 Å². The van der Waals surface area contributed by atoms with E-state index in [1.807, 2.05) is 13.8 Å². The number of rotatable bonds is 3. The summed E-state index contributed by atoms with van der Waals surface area (Å²) in [6.07, 6.45) is 1.83. The Bertz CT molecular complexity index is 534. The first kappa shape index (κ1) is 13.3. The minimum absolute atomic E-state index is 0.000156. The van der Waals surface area contributed by atoms with E-state index >= 15 is 0 Å². The highest BCUT2D eigenvalue weighted by molar-refractivity contribution is 7.89. The van der Waals surface area contributed by atoms with Gasteiger partial charge >= 0.3 is 0 Å². The van der Waals surface area contributed by atoms with Crippen molar-refractivity contribution in [2.75, 3.05) is 12.3 Å². The Morgan fingerprint density at radius 1 is 1.67 bits per heavy atom. The Labute approximate surface area is 106 Å². The van der Waals surface area contributed by atoms with Gasteiger partial charge in [0.2, 0.25) is 0 Å². The van der Waals surface area contributed by atoms with Crippen LogP contribution in [0.1, 0.15) is 20.3 Å². The number of aryl methyl sites for hydroxylation is 1. The van der Waals surface area contributed by atoms with Crippen molar-refractivity contribution in [3.8, 4) is 0 Å². The fourth-order valence-electron chi connectivity index (χ4n) is 2.09. The zero-order chi connectivity index (χ0) is 13.6.